The molecule has 3 atom stereocenters. The average Bonchev–Trinajstić information content (AvgIpc) is 2.87. The van der Waals surface area contributed by atoms with Gasteiger partial charge in [0.1, 0.15) is 0 Å². The van der Waals surface area contributed by atoms with Crippen LogP contribution in [0.25, 0.3) is 0 Å². The summed E-state index contributed by atoms with van der Waals surface area (Å²) in [4.78, 5) is 0. The first kappa shape index (κ1) is 17.7. The minimum absolute atomic E-state index is 0.00673. The maximum absolute atomic E-state index is 14.5. The van der Waals surface area contributed by atoms with Crippen LogP contribution in [0.2, 0.25) is 0 Å². The van der Waals surface area contributed by atoms with E-state index in [0.717, 1.165) is 0 Å². The van der Waals surface area contributed by atoms with Crippen molar-refractivity contribution in [2.45, 2.75) is 61.6 Å². The summed E-state index contributed by atoms with van der Waals surface area (Å²) in [6.07, 6.45) is -16.4. The van der Waals surface area contributed by atoms with Gasteiger partial charge in [0, 0.05) is 5.92 Å². The molecule has 0 spiro atoms. The Kier molecular flexibility index (Phi) is 3.75. The largest absolute Gasteiger partial charge is 0.426 e. The van der Waals surface area contributed by atoms with E-state index in [-0.39, 0.29) is 19.3 Å². The Morgan fingerprint density at radius 2 is 1.32 bits per heavy atom. The number of fused-ring (bicyclic) bond motifs is 2. The smallest absolute Gasteiger partial charge is 0.374 e. The fraction of sp³-hybridized carbons (Fsp3) is 1.00. The molecule has 2 fully saturated rings. The van der Waals surface area contributed by atoms with Gasteiger partial charge < -0.3 is 5.11 Å². The topological polar surface area (TPSA) is 20.2 Å². The summed E-state index contributed by atoms with van der Waals surface area (Å²) in [5.41, 5.74) is -8.64. The second kappa shape index (κ2) is 4.67. The number of hydrogen-bond acceptors (Lipinski definition) is 1. The average molecular weight is 344 g/mol. The summed E-state index contributed by atoms with van der Waals surface area (Å²) in [6.45, 7) is 0. The van der Waals surface area contributed by atoms with Crippen molar-refractivity contribution in [3.63, 3.8) is 0 Å². The lowest BCUT2D eigenvalue weighted by Crippen LogP contribution is -2.59. The molecule has 130 valence electrons. The Hall–Kier alpha value is -0.670. The fourth-order valence-electron chi connectivity index (χ4n) is 3.52. The number of alkyl halides is 9. The molecule has 0 heterocycles. The Morgan fingerprint density at radius 3 is 1.68 bits per heavy atom. The predicted octanol–water partition coefficient (Wildman–Crippen LogP) is 4.40. The van der Waals surface area contributed by atoms with E-state index in [0.29, 0.717) is 0 Å². The van der Waals surface area contributed by atoms with Gasteiger partial charge in [0.15, 0.2) is 5.67 Å². The van der Waals surface area contributed by atoms with Crippen molar-refractivity contribution >= 4 is 0 Å². The van der Waals surface area contributed by atoms with Crippen LogP contribution in [-0.4, -0.2) is 34.7 Å². The van der Waals surface area contributed by atoms with E-state index in [1.54, 1.807) is 0 Å². The molecule has 0 aliphatic heterocycles. The van der Waals surface area contributed by atoms with Crippen molar-refractivity contribution < 1.29 is 44.6 Å². The monoisotopic (exact) mass is 344 g/mol. The minimum atomic E-state index is -6.13. The molecule has 0 aromatic rings. The van der Waals surface area contributed by atoms with Crippen molar-refractivity contribution in [3.05, 3.63) is 0 Å². The van der Waals surface area contributed by atoms with Gasteiger partial charge in [-0.1, -0.05) is 0 Å². The van der Waals surface area contributed by atoms with E-state index >= 15 is 0 Å². The number of hydrogen-bond donors (Lipinski definition) is 1. The van der Waals surface area contributed by atoms with Gasteiger partial charge in [0.05, 0.1) is 0 Å². The number of halogens is 9. The quantitative estimate of drug-likeness (QED) is 0.753. The lowest BCUT2D eigenvalue weighted by atomic mass is 9.77. The minimum Gasteiger partial charge on any atom is -0.374 e. The van der Waals surface area contributed by atoms with Gasteiger partial charge in [-0.25, -0.2) is 13.2 Å². The molecule has 0 amide bonds. The number of rotatable bonds is 3. The molecule has 1 nitrogen and oxygen atoms in total. The van der Waals surface area contributed by atoms with E-state index in [1.165, 1.54) is 0 Å². The molecular weight excluding hydrogens is 331 g/mol. The summed E-state index contributed by atoms with van der Waals surface area (Å²) < 4.78 is 117. The van der Waals surface area contributed by atoms with E-state index in [4.69, 9.17) is 5.11 Å². The molecule has 0 aromatic carbocycles. The molecule has 0 radical (unpaired) electrons. The molecule has 2 bridgehead atoms. The zero-order valence-corrected chi connectivity index (χ0v) is 11.0. The van der Waals surface area contributed by atoms with Crippen LogP contribution < -0.4 is 0 Å². The first-order valence-electron chi connectivity index (χ1n) is 6.59. The highest BCUT2D eigenvalue weighted by Crippen LogP contribution is 2.63. The third-order valence-electron chi connectivity index (χ3n) is 4.94. The molecule has 2 saturated carbocycles. The van der Waals surface area contributed by atoms with Gasteiger partial charge >= 0.3 is 12.4 Å². The summed E-state index contributed by atoms with van der Waals surface area (Å²) >= 11 is 0. The highest BCUT2D eigenvalue weighted by molar-refractivity contribution is 5.13. The van der Waals surface area contributed by atoms with Crippen molar-refractivity contribution in [1.29, 1.82) is 0 Å². The second-order valence-corrected chi connectivity index (χ2v) is 6.05. The van der Waals surface area contributed by atoms with Crippen LogP contribution in [0.15, 0.2) is 0 Å². The van der Waals surface area contributed by atoms with Crippen LogP contribution in [0.3, 0.4) is 0 Å². The van der Waals surface area contributed by atoms with E-state index < -0.39 is 54.2 Å². The van der Waals surface area contributed by atoms with Crippen molar-refractivity contribution in [1.82, 2.24) is 0 Å². The van der Waals surface area contributed by atoms with E-state index in [9.17, 15) is 39.5 Å². The van der Waals surface area contributed by atoms with Crippen molar-refractivity contribution in [3.8, 4) is 0 Å². The summed E-state index contributed by atoms with van der Waals surface area (Å²) in [6, 6.07) is 0. The van der Waals surface area contributed by atoms with Gasteiger partial charge in [0.25, 0.3) is 11.5 Å². The molecule has 0 saturated heterocycles. The maximum Gasteiger partial charge on any atom is 0.426 e. The molecule has 2 aliphatic carbocycles. The first-order valence-corrected chi connectivity index (χ1v) is 6.59. The normalized spacial score (nSPS) is 35.2. The predicted molar refractivity (Wildman–Crippen MR) is 55.9 cm³/mol. The number of aliphatic hydroxyl groups is 1. The highest BCUT2D eigenvalue weighted by atomic mass is 19.4. The highest BCUT2D eigenvalue weighted by Gasteiger charge is 2.74. The molecule has 2 rings (SSSR count). The first-order chi connectivity index (χ1) is 9.67. The molecule has 2 aliphatic rings. The molecule has 22 heavy (non-hydrogen) atoms. The van der Waals surface area contributed by atoms with E-state index in [2.05, 4.69) is 0 Å². The summed E-state index contributed by atoms with van der Waals surface area (Å²) in [5.74, 6) is -6.63. The molecule has 1 N–H and O–H groups in total. The third kappa shape index (κ3) is 2.20. The zero-order valence-electron chi connectivity index (χ0n) is 11.0. The Bertz CT molecular complexity index is 427. The van der Waals surface area contributed by atoms with Crippen molar-refractivity contribution in [2.24, 2.45) is 11.8 Å². The Labute approximate surface area is 119 Å². The van der Waals surface area contributed by atoms with Crippen molar-refractivity contribution in [2.75, 3.05) is 0 Å². The Morgan fingerprint density at radius 1 is 0.864 bits per heavy atom. The van der Waals surface area contributed by atoms with Gasteiger partial charge in [-0.05, 0) is 38.0 Å². The van der Waals surface area contributed by atoms with Crippen LogP contribution >= 0.6 is 0 Å². The second-order valence-electron chi connectivity index (χ2n) is 6.05. The molecule has 3 unspecified atom stereocenters. The lowest BCUT2D eigenvalue weighted by Gasteiger charge is -2.40. The third-order valence-corrected chi connectivity index (χ3v) is 4.94. The van der Waals surface area contributed by atoms with Gasteiger partial charge in [-0.15, -0.1) is 0 Å². The molecular formula is C12H13F9O. The summed E-state index contributed by atoms with van der Waals surface area (Å²) in [5, 5.41) is 8.94. The Balaban J connectivity index is 2.24. The molecule has 0 aromatic heterocycles. The van der Waals surface area contributed by atoms with E-state index in [1.807, 2.05) is 0 Å². The lowest BCUT2D eigenvalue weighted by molar-refractivity contribution is -0.372. The van der Waals surface area contributed by atoms with Crippen LogP contribution in [0.4, 0.5) is 39.5 Å². The van der Waals surface area contributed by atoms with Crippen LogP contribution in [-0.2, 0) is 0 Å². The maximum atomic E-state index is 14.5. The van der Waals surface area contributed by atoms with Crippen LogP contribution in [0.1, 0.15) is 32.1 Å². The SMILES string of the molecule is OC(CCC1(F)C2CCC(C2)C1(F)F)(C(F)(F)F)C(F)(F)F. The molecule has 10 heteroatoms. The standard InChI is InChI=1S/C12H13F9O/c13-8(6-1-2-7(5-6)10(8,14)15)3-4-9(22,11(16,17)18)12(19,20)21/h6-7,22H,1-5H2. The fourth-order valence-corrected chi connectivity index (χ4v) is 3.52. The van der Waals surface area contributed by atoms with Crippen LogP contribution in [0.5, 0.6) is 0 Å². The van der Waals surface area contributed by atoms with Crippen LogP contribution in [0, 0.1) is 11.8 Å². The zero-order chi connectivity index (χ0) is 17.2. The van der Waals surface area contributed by atoms with Gasteiger partial charge in [-0.2, -0.15) is 26.3 Å². The van der Waals surface area contributed by atoms with Gasteiger partial charge in [0.2, 0.25) is 0 Å². The summed E-state index contributed by atoms with van der Waals surface area (Å²) in [7, 11) is 0. The van der Waals surface area contributed by atoms with Gasteiger partial charge in [-0.3, -0.25) is 0 Å².